The summed E-state index contributed by atoms with van der Waals surface area (Å²) in [5, 5.41) is 16.4. The Bertz CT molecular complexity index is 1380. The molecule has 0 bridgehead atoms. The van der Waals surface area contributed by atoms with Crippen molar-refractivity contribution in [1.82, 2.24) is 9.78 Å². The highest BCUT2D eigenvalue weighted by Crippen LogP contribution is 2.44. The lowest BCUT2D eigenvalue weighted by atomic mass is 9.97. The molecular formula is C26H23ClN4O3. The molecule has 4 aromatic rings. The predicted octanol–water partition coefficient (Wildman–Crippen LogP) is 4.84. The quantitative estimate of drug-likeness (QED) is 0.374. The highest BCUT2D eigenvalue weighted by molar-refractivity contribution is 6.30. The molecule has 1 amide bonds. The van der Waals surface area contributed by atoms with Crippen LogP contribution in [0.4, 0.5) is 0 Å². The van der Waals surface area contributed by atoms with Crippen LogP contribution < -0.4 is 10.5 Å². The summed E-state index contributed by atoms with van der Waals surface area (Å²) in [6.07, 6.45) is 1.73. The average Bonchev–Trinajstić information content (AvgIpc) is 3.20. The molecule has 0 aliphatic rings. The fraction of sp³-hybridized carbons (Fsp3) is 0.115. The van der Waals surface area contributed by atoms with Crippen molar-refractivity contribution in [3.8, 4) is 33.9 Å². The number of aromatic nitrogens is 2. The van der Waals surface area contributed by atoms with Crippen molar-refractivity contribution < 1.29 is 14.6 Å². The van der Waals surface area contributed by atoms with E-state index in [0.29, 0.717) is 27.6 Å². The second-order valence-corrected chi connectivity index (χ2v) is 8.10. The number of phenolic OH excluding ortho intramolecular Hbond substituents is 1. The Morgan fingerprint density at radius 3 is 2.62 bits per heavy atom. The number of hydrogen-bond donors (Lipinski definition) is 2. The molecule has 172 valence electrons. The number of carbonyl (C=O) groups is 1. The molecule has 1 aromatic heterocycles. The fourth-order valence-corrected chi connectivity index (χ4v) is 3.80. The lowest BCUT2D eigenvalue weighted by Gasteiger charge is -2.16. The number of primary amides is 1. The van der Waals surface area contributed by atoms with E-state index < -0.39 is 5.91 Å². The first-order chi connectivity index (χ1) is 16.4. The number of halogens is 1. The van der Waals surface area contributed by atoms with Crippen molar-refractivity contribution in [2.45, 2.75) is 6.61 Å². The second-order valence-electron chi connectivity index (χ2n) is 7.67. The molecule has 0 unspecified atom stereocenters. The summed E-state index contributed by atoms with van der Waals surface area (Å²) in [6.45, 7) is 0.286. The van der Waals surface area contributed by atoms with Crippen LogP contribution in [0.1, 0.15) is 21.6 Å². The first-order valence-electron chi connectivity index (χ1n) is 10.5. The van der Waals surface area contributed by atoms with Crippen molar-refractivity contribution >= 4 is 23.7 Å². The Labute approximate surface area is 202 Å². The average molecular weight is 475 g/mol. The van der Waals surface area contributed by atoms with E-state index in [4.69, 9.17) is 22.1 Å². The molecule has 3 aromatic carbocycles. The molecule has 4 rings (SSSR count). The van der Waals surface area contributed by atoms with E-state index in [0.717, 1.165) is 16.7 Å². The largest absolute Gasteiger partial charge is 0.506 e. The minimum absolute atomic E-state index is 0.0201. The van der Waals surface area contributed by atoms with E-state index >= 15 is 0 Å². The molecule has 0 spiro atoms. The number of ether oxygens (including phenoxy) is 1. The Kier molecular flexibility index (Phi) is 6.65. The topological polar surface area (TPSA) is 103 Å². The number of rotatable bonds is 7. The van der Waals surface area contributed by atoms with Crippen molar-refractivity contribution in [3.05, 3.63) is 88.6 Å². The molecule has 0 aliphatic heterocycles. The number of aromatic hydroxyl groups is 1. The predicted molar refractivity (Wildman–Crippen MR) is 134 cm³/mol. The summed E-state index contributed by atoms with van der Waals surface area (Å²) in [4.78, 5) is 15.8. The fourth-order valence-electron chi connectivity index (χ4n) is 3.67. The van der Waals surface area contributed by atoms with Gasteiger partial charge in [-0.15, -0.1) is 0 Å². The molecule has 0 saturated heterocycles. The molecule has 1 heterocycles. The van der Waals surface area contributed by atoms with Gasteiger partial charge in [-0.3, -0.25) is 14.5 Å². The molecule has 0 fully saturated rings. The molecule has 7 nitrogen and oxygen atoms in total. The van der Waals surface area contributed by atoms with Gasteiger partial charge >= 0.3 is 0 Å². The summed E-state index contributed by atoms with van der Waals surface area (Å²) < 4.78 is 7.51. The number of aliphatic imine (C=N–C) groups is 1. The van der Waals surface area contributed by atoms with Crippen molar-refractivity contribution in [3.63, 3.8) is 0 Å². The van der Waals surface area contributed by atoms with Crippen LogP contribution in [0, 0.1) is 0 Å². The monoisotopic (exact) mass is 474 g/mol. The summed E-state index contributed by atoms with van der Waals surface area (Å²) >= 11 is 5.98. The highest BCUT2D eigenvalue weighted by Gasteiger charge is 2.20. The molecule has 0 aliphatic carbocycles. The number of amides is 1. The summed E-state index contributed by atoms with van der Waals surface area (Å²) in [7, 11) is 3.32. The Morgan fingerprint density at radius 1 is 1.18 bits per heavy atom. The molecule has 3 N–H and O–H groups in total. The zero-order chi connectivity index (χ0) is 24.2. The summed E-state index contributed by atoms with van der Waals surface area (Å²) in [5.74, 6) is -0.128. The molecule has 0 atom stereocenters. The van der Waals surface area contributed by atoms with Gasteiger partial charge in [-0.05, 0) is 53.1 Å². The van der Waals surface area contributed by atoms with Gasteiger partial charge in [-0.1, -0.05) is 41.9 Å². The van der Waals surface area contributed by atoms with Crippen LogP contribution in [0.5, 0.6) is 11.5 Å². The van der Waals surface area contributed by atoms with Gasteiger partial charge in [-0.2, -0.15) is 5.10 Å². The highest BCUT2D eigenvalue weighted by atomic mass is 35.5. The lowest BCUT2D eigenvalue weighted by molar-refractivity contribution is 0.0991. The molecular weight excluding hydrogens is 452 g/mol. The number of nitrogens with zero attached hydrogens (tertiary/aromatic N) is 3. The van der Waals surface area contributed by atoms with Gasteiger partial charge < -0.3 is 15.6 Å². The maximum Gasteiger partial charge on any atom is 0.266 e. The molecule has 34 heavy (non-hydrogen) atoms. The Morgan fingerprint density at radius 2 is 1.94 bits per heavy atom. The molecule has 0 radical (unpaired) electrons. The van der Waals surface area contributed by atoms with Gasteiger partial charge in [0.25, 0.3) is 5.91 Å². The van der Waals surface area contributed by atoms with Gasteiger partial charge in [0.15, 0.2) is 0 Å². The van der Waals surface area contributed by atoms with Crippen molar-refractivity contribution in [1.29, 1.82) is 0 Å². The van der Waals surface area contributed by atoms with E-state index in [-0.39, 0.29) is 18.1 Å². The maximum atomic E-state index is 11.7. The van der Waals surface area contributed by atoms with Crippen LogP contribution in [0.15, 0.2) is 71.7 Å². The third-order valence-corrected chi connectivity index (χ3v) is 5.56. The van der Waals surface area contributed by atoms with Gasteiger partial charge in [0.05, 0.1) is 11.3 Å². The lowest BCUT2D eigenvalue weighted by Crippen LogP contribution is -2.15. The minimum atomic E-state index is -0.601. The zero-order valence-corrected chi connectivity index (χ0v) is 19.5. The number of phenols is 1. The van der Waals surface area contributed by atoms with E-state index in [9.17, 15) is 9.90 Å². The van der Waals surface area contributed by atoms with E-state index in [1.807, 2.05) is 36.4 Å². The summed E-state index contributed by atoms with van der Waals surface area (Å²) in [6, 6.07) is 20.0. The van der Waals surface area contributed by atoms with Crippen LogP contribution in [0.2, 0.25) is 5.02 Å². The van der Waals surface area contributed by atoms with Crippen molar-refractivity contribution in [2.24, 2.45) is 17.8 Å². The van der Waals surface area contributed by atoms with Crippen LogP contribution in [-0.4, -0.2) is 34.1 Å². The first-order valence-corrected chi connectivity index (χ1v) is 10.8. The molecule has 8 heteroatoms. The van der Waals surface area contributed by atoms with E-state index in [2.05, 4.69) is 10.1 Å². The third kappa shape index (κ3) is 4.79. The van der Waals surface area contributed by atoms with Gasteiger partial charge in [0, 0.05) is 30.9 Å². The normalized spacial score (nSPS) is 11.1. The first kappa shape index (κ1) is 23.1. The van der Waals surface area contributed by atoms with Crippen molar-refractivity contribution in [2.75, 3.05) is 7.05 Å². The number of benzene rings is 3. The van der Waals surface area contributed by atoms with Crippen LogP contribution >= 0.6 is 11.6 Å². The van der Waals surface area contributed by atoms with Crippen LogP contribution in [0.3, 0.4) is 0 Å². The van der Waals surface area contributed by atoms with Gasteiger partial charge in [0.1, 0.15) is 23.8 Å². The van der Waals surface area contributed by atoms with E-state index in [1.165, 1.54) is 4.68 Å². The minimum Gasteiger partial charge on any atom is -0.506 e. The zero-order valence-electron chi connectivity index (χ0n) is 18.7. The van der Waals surface area contributed by atoms with Gasteiger partial charge in [-0.25, -0.2) is 0 Å². The number of hydrogen-bond acceptors (Lipinski definition) is 5. The van der Waals surface area contributed by atoms with Crippen LogP contribution in [0.25, 0.3) is 22.4 Å². The third-order valence-electron chi connectivity index (χ3n) is 5.31. The van der Waals surface area contributed by atoms with Crippen LogP contribution in [-0.2, 0) is 13.7 Å². The SMILES string of the molecule is CN=Cc1cccc(-c2c(OCc3ccc(Cl)cc3)ccc(-c3cc(C(N)=O)n(C)n3)c2O)c1. The molecule has 0 saturated carbocycles. The Balaban J connectivity index is 1.82. The second kappa shape index (κ2) is 9.80. The number of nitrogens with two attached hydrogens (primary N) is 1. The Hall–Kier alpha value is -4.10. The number of carbonyl (C=O) groups excluding carboxylic acids is 1. The van der Waals surface area contributed by atoms with E-state index in [1.54, 1.807) is 50.6 Å². The smallest absolute Gasteiger partial charge is 0.266 e. The maximum absolute atomic E-state index is 11.7. The summed E-state index contributed by atoms with van der Waals surface area (Å²) in [5.41, 5.74) is 9.60. The number of aryl methyl sites for hydroxylation is 1. The van der Waals surface area contributed by atoms with Gasteiger partial charge in [0.2, 0.25) is 0 Å². The standard InChI is InChI=1S/C26H23ClN4O3/c1-29-14-17-4-3-5-18(12-17)24-23(34-15-16-6-8-19(27)9-7-16)11-10-20(25(24)32)21-13-22(26(28)33)31(2)30-21/h3-14,32H,15H2,1-2H3,(H2,28,33).